The molecule has 3 nitrogen and oxygen atoms in total. The van der Waals surface area contributed by atoms with Crippen LogP contribution in [-0.4, -0.2) is 23.9 Å². The number of hydrogen-bond acceptors (Lipinski definition) is 2. The highest BCUT2D eigenvalue weighted by Gasteiger charge is 2.19. The third kappa shape index (κ3) is 4.13. The Bertz CT molecular complexity index is 601. The van der Waals surface area contributed by atoms with Gasteiger partial charge in [0.2, 0.25) is 5.91 Å². The quantitative estimate of drug-likeness (QED) is 0.914. The molecule has 0 aliphatic heterocycles. The summed E-state index contributed by atoms with van der Waals surface area (Å²) in [5, 5.41) is 2.62. The lowest BCUT2D eigenvalue weighted by Gasteiger charge is -2.24. The molecule has 2 aromatic carbocycles. The highest BCUT2D eigenvalue weighted by Crippen LogP contribution is 2.14. The standard InChI is InChI=1S/C17H19FN2O/c1-13(20(2)12-14-8-4-3-5-9-14)17(21)19-16-11-7-6-10-15(16)18/h3-11,13H,12H2,1-2H3,(H,19,21)/t13-/m0/s1. The Morgan fingerprint density at radius 1 is 1.14 bits per heavy atom. The lowest BCUT2D eigenvalue weighted by molar-refractivity contribution is -0.120. The third-order valence-electron chi connectivity index (χ3n) is 3.45. The van der Waals surface area contributed by atoms with Crippen LogP contribution in [0.3, 0.4) is 0 Å². The van der Waals surface area contributed by atoms with Gasteiger partial charge in [0.15, 0.2) is 0 Å². The van der Waals surface area contributed by atoms with Crippen molar-refractivity contribution in [2.75, 3.05) is 12.4 Å². The van der Waals surface area contributed by atoms with Gasteiger partial charge >= 0.3 is 0 Å². The van der Waals surface area contributed by atoms with Gasteiger partial charge in [0.25, 0.3) is 0 Å². The Morgan fingerprint density at radius 2 is 1.76 bits per heavy atom. The van der Waals surface area contributed by atoms with Gasteiger partial charge in [-0.05, 0) is 31.7 Å². The van der Waals surface area contributed by atoms with Crippen LogP contribution in [-0.2, 0) is 11.3 Å². The summed E-state index contributed by atoms with van der Waals surface area (Å²) in [5.74, 6) is -0.651. The average Bonchev–Trinajstić information content (AvgIpc) is 2.49. The van der Waals surface area contributed by atoms with Crippen molar-refractivity contribution in [2.24, 2.45) is 0 Å². The van der Waals surface area contributed by atoms with Gasteiger partial charge in [0, 0.05) is 6.54 Å². The molecule has 0 spiro atoms. The van der Waals surface area contributed by atoms with Crippen molar-refractivity contribution in [3.05, 3.63) is 66.0 Å². The van der Waals surface area contributed by atoms with Crippen LogP contribution < -0.4 is 5.32 Å². The van der Waals surface area contributed by atoms with Crippen LogP contribution in [0, 0.1) is 5.82 Å². The Balaban J connectivity index is 1.97. The van der Waals surface area contributed by atoms with E-state index in [-0.39, 0.29) is 17.6 Å². The minimum absolute atomic E-state index is 0.211. The first-order valence-corrected chi connectivity index (χ1v) is 6.87. The number of likely N-dealkylation sites (N-methyl/N-ethyl adjacent to an activating group) is 1. The molecule has 0 bridgehead atoms. The van der Waals surface area contributed by atoms with Crippen molar-refractivity contribution >= 4 is 11.6 Å². The van der Waals surface area contributed by atoms with E-state index >= 15 is 0 Å². The van der Waals surface area contributed by atoms with E-state index in [1.165, 1.54) is 6.07 Å². The summed E-state index contributed by atoms with van der Waals surface area (Å²) in [7, 11) is 1.87. The first kappa shape index (κ1) is 15.2. The highest BCUT2D eigenvalue weighted by molar-refractivity contribution is 5.94. The second-order valence-electron chi connectivity index (χ2n) is 5.05. The monoisotopic (exact) mass is 286 g/mol. The number of halogens is 1. The Kier molecular flexibility index (Phi) is 5.06. The summed E-state index contributed by atoms with van der Waals surface area (Å²) in [4.78, 5) is 14.1. The summed E-state index contributed by atoms with van der Waals surface area (Å²) >= 11 is 0. The number of carbonyl (C=O) groups is 1. The van der Waals surface area contributed by atoms with E-state index in [0.717, 1.165) is 5.56 Å². The molecule has 1 atom stereocenters. The smallest absolute Gasteiger partial charge is 0.241 e. The summed E-state index contributed by atoms with van der Waals surface area (Å²) in [6, 6.07) is 15.7. The van der Waals surface area contributed by atoms with Gasteiger partial charge in [0.05, 0.1) is 11.7 Å². The van der Waals surface area contributed by atoms with Crippen LogP contribution in [0.5, 0.6) is 0 Å². The fourth-order valence-electron chi connectivity index (χ4n) is 2.01. The number of nitrogens with one attached hydrogen (secondary N) is 1. The molecule has 0 saturated heterocycles. The molecule has 2 aromatic rings. The van der Waals surface area contributed by atoms with Crippen molar-refractivity contribution in [2.45, 2.75) is 19.5 Å². The molecule has 1 N–H and O–H groups in total. The summed E-state index contributed by atoms with van der Waals surface area (Å²) in [5.41, 5.74) is 1.34. The molecule has 1 amide bonds. The molecule has 0 aliphatic carbocycles. The Labute approximate surface area is 124 Å². The zero-order valence-corrected chi connectivity index (χ0v) is 12.2. The maximum absolute atomic E-state index is 13.5. The van der Waals surface area contributed by atoms with Crippen LogP contribution in [0.15, 0.2) is 54.6 Å². The first-order valence-electron chi connectivity index (χ1n) is 6.87. The van der Waals surface area contributed by atoms with E-state index in [1.807, 2.05) is 42.3 Å². The van der Waals surface area contributed by atoms with Crippen molar-refractivity contribution in [1.82, 2.24) is 4.90 Å². The summed E-state index contributed by atoms with van der Waals surface area (Å²) in [6.07, 6.45) is 0. The molecule has 110 valence electrons. The topological polar surface area (TPSA) is 32.3 Å². The number of para-hydroxylation sites is 1. The molecule has 0 saturated carbocycles. The molecular formula is C17H19FN2O. The number of rotatable bonds is 5. The zero-order chi connectivity index (χ0) is 15.2. The van der Waals surface area contributed by atoms with Gasteiger partial charge in [-0.1, -0.05) is 42.5 Å². The molecule has 4 heteroatoms. The summed E-state index contributed by atoms with van der Waals surface area (Å²) in [6.45, 7) is 2.46. The number of anilines is 1. The maximum atomic E-state index is 13.5. The van der Waals surface area contributed by atoms with Gasteiger partial charge < -0.3 is 5.32 Å². The van der Waals surface area contributed by atoms with Gasteiger partial charge in [-0.3, -0.25) is 9.69 Å². The maximum Gasteiger partial charge on any atom is 0.241 e. The van der Waals surface area contributed by atoms with Gasteiger partial charge in [0.1, 0.15) is 5.82 Å². The number of nitrogens with zero attached hydrogens (tertiary/aromatic N) is 1. The SMILES string of the molecule is C[C@@H](C(=O)Nc1ccccc1F)N(C)Cc1ccccc1. The first-order chi connectivity index (χ1) is 10.1. The van der Waals surface area contributed by atoms with Crippen LogP contribution >= 0.6 is 0 Å². The molecule has 0 radical (unpaired) electrons. The fraction of sp³-hybridized carbons (Fsp3) is 0.235. The highest BCUT2D eigenvalue weighted by atomic mass is 19.1. The van der Waals surface area contributed by atoms with E-state index in [1.54, 1.807) is 25.1 Å². The van der Waals surface area contributed by atoms with Gasteiger partial charge in [-0.15, -0.1) is 0 Å². The zero-order valence-electron chi connectivity index (χ0n) is 12.2. The lowest BCUT2D eigenvalue weighted by Crippen LogP contribution is -2.39. The number of carbonyl (C=O) groups excluding carboxylic acids is 1. The average molecular weight is 286 g/mol. The minimum atomic E-state index is -0.427. The summed E-state index contributed by atoms with van der Waals surface area (Å²) < 4.78 is 13.5. The largest absolute Gasteiger partial charge is 0.322 e. The van der Waals surface area contributed by atoms with Gasteiger partial charge in [-0.25, -0.2) is 4.39 Å². The normalized spacial score (nSPS) is 12.2. The molecule has 0 fully saturated rings. The van der Waals surface area contributed by atoms with Crippen LogP contribution in [0.4, 0.5) is 10.1 Å². The van der Waals surface area contributed by atoms with Crippen LogP contribution in [0.1, 0.15) is 12.5 Å². The van der Waals surface area contributed by atoms with E-state index in [0.29, 0.717) is 6.54 Å². The second kappa shape index (κ2) is 6.99. The van der Waals surface area contributed by atoms with Crippen molar-refractivity contribution in [3.63, 3.8) is 0 Å². The van der Waals surface area contributed by atoms with Crippen LogP contribution in [0.2, 0.25) is 0 Å². The van der Waals surface area contributed by atoms with E-state index in [4.69, 9.17) is 0 Å². The van der Waals surface area contributed by atoms with Crippen molar-refractivity contribution < 1.29 is 9.18 Å². The molecular weight excluding hydrogens is 267 g/mol. The van der Waals surface area contributed by atoms with E-state index < -0.39 is 5.82 Å². The molecule has 0 unspecified atom stereocenters. The predicted octanol–water partition coefficient (Wildman–Crippen LogP) is 3.28. The molecule has 0 aromatic heterocycles. The van der Waals surface area contributed by atoms with E-state index in [9.17, 15) is 9.18 Å². The van der Waals surface area contributed by atoms with Crippen molar-refractivity contribution in [3.8, 4) is 0 Å². The third-order valence-corrected chi connectivity index (χ3v) is 3.45. The molecule has 2 rings (SSSR count). The number of hydrogen-bond donors (Lipinski definition) is 1. The molecule has 0 aliphatic rings. The number of benzene rings is 2. The molecule has 21 heavy (non-hydrogen) atoms. The Morgan fingerprint density at radius 3 is 2.43 bits per heavy atom. The Hall–Kier alpha value is -2.20. The number of amides is 1. The van der Waals surface area contributed by atoms with Crippen LogP contribution in [0.25, 0.3) is 0 Å². The van der Waals surface area contributed by atoms with Crippen molar-refractivity contribution in [1.29, 1.82) is 0 Å². The molecule has 0 heterocycles. The van der Waals surface area contributed by atoms with E-state index in [2.05, 4.69) is 5.32 Å². The predicted molar refractivity (Wildman–Crippen MR) is 82.4 cm³/mol. The fourth-order valence-corrected chi connectivity index (χ4v) is 2.01. The second-order valence-corrected chi connectivity index (χ2v) is 5.05. The minimum Gasteiger partial charge on any atom is -0.322 e. The van der Waals surface area contributed by atoms with Gasteiger partial charge in [-0.2, -0.15) is 0 Å². The lowest BCUT2D eigenvalue weighted by atomic mass is 10.2.